The number of piperidine rings is 1. The van der Waals surface area contributed by atoms with E-state index in [1.807, 2.05) is 0 Å². The molecule has 3 N–H and O–H groups in total. The number of sulfonamides is 1. The number of hydrogen-bond acceptors (Lipinski definition) is 6. The van der Waals surface area contributed by atoms with Gasteiger partial charge in [0.2, 0.25) is 10.0 Å². The van der Waals surface area contributed by atoms with Gasteiger partial charge >= 0.3 is 0 Å². The van der Waals surface area contributed by atoms with Gasteiger partial charge in [-0.1, -0.05) is 11.6 Å². The maximum Gasteiger partial charge on any atom is 0.263 e. The van der Waals surface area contributed by atoms with Crippen LogP contribution in [0.2, 0.25) is 5.02 Å². The van der Waals surface area contributed by atoms with Crippen LogP contribution in [0.3, 0.4) is 0 Å². The quantitative estimate of drug-likeness (QED) is 0.635. The minimum atomic E-state index is -3.79. The fraction of sp³-hybridized carbons (Fsp3) is 0.455. The number of fused-ring (bicyclic) bond motifs is 2. The van der Waals surface area contributed by atoms with Crippen molar-refractivity contribution in [2.45, 2.75) is 68.2 Å². The highest BCUT2D eigenvalue weighted by molar-refractivity contribution is 7.89. The number of hydrogen-bond donors (Lipinski definition) is 2. The zero-order valence-corrected chi connectivity index (χ0v) is 19.9. The molecule has 0 radical (unpaired) electrons. The highest BCUT2D eigenvalue weighted by Crippen LogP contribution is 2.39. The number of benzene rings is 1. The third-order valence-electron chi connectivity index (χ3n) is 6.19. The molecule has 2 bridgehead atoms. The number of nitrogens with two attached hydrogens (primary N) is 1. The van der Waals surface area contributed by atoms with E-state index < -0.39 is 21.4 Å². The van der Waals surface area contributed by atoms with Gasteiger partial charge in [0.1, 0.15) is 22.3 Å². The molecule has 2 aliphatic rings. The Morgan fingerprint density at radius 3 is 2.45 bits per heavy atom. The second-order valence-corrected chi connectivity index (χ2v) is 11.0. The molecule has 3 heterocycles. The molecule has 2 fully saturated rings. The Kier molecular flexibility index (Phi) is 6.28. The number of ether oxygens (including phenoxy) is 1. The van der Waals surface area contributed by atoms with E-state index in [-0.39, 0.29) is 39.7 Å². The lowest BCUT2D eigenvalue weighted by molar-refractivity contribution is -0.135. The molecule has 0 unspecified atom stereocenters. The van der Waals surface area contributed by atoms with Crippen molar-refractivity contribution >= 4 is 33.3 Å². The zero-order chi connectivity index (χ0) is 24.0. The minimum Gasteiger partial charge on any atom is -0.476 e. The molecule has 0 aliphatic carbocycles. The van der Waals surface area contributed by atoms with Crippen molar-refractivity contribution in [1.82, 2.24) is 10.3 Å². The Balaban J connectivity index is 1.41. The number of carbonyl (C=O) groups excluding carboxylic acids is 1. The van der Waals surface area contributed by atoms with E-state index in [9.17, 15) is 17.6 Å². The van der Waals surface area contributed by atoms with Crippen LogP contribution in [0.5, 0.6) is 5.75 Å². The number of pyridine rings is 1. The Morgan fingerprint density at radius 2 is 1.91 bits per heavy atom. The van der Waals surface area contributed by atoms with Crippen LogP contribution < -0.4 is 20.1 Å². The zero-order valence-electron chi connectivity index (χ0n) is 18.3. The summed E-state index contributed by atoms with van der Waals surface area (Å²) in [6, 6.07) is 7.23. The van der Waals surface area contributed by atoms with Gasteiger partial charge in [-0.3, -0.25) is 4.79 Å². The van der Waals surface area contributed by atoms with E-state index in [1.54, 1.807) is 19.9 Å². The van der Waals surface area contributed by atoms with Gasteiger partial charge in [0.25, 0.3) is 5.91 Å². The van der Waals surface area contributed by atoms with E-state index in [0.29, 0.717) is 5.82 Å². The maximum atomic E-state index is 13.3. The van der Waals surface area contributed by atoms with Crippen LogP contribution in [0.25, 0.3) is 0 Å². The van der Waals surface area contributed by atoms with Crippen LogP contribution in [0, 0.1) is 5.82 Å². The molecule has 4 rings (SSSR count). The van der Waals surface area contributed by atoms with Crippen molar-refractivity contribution in [1.29, 1.82) is 0 Å². The van der Waals surface area contributed by atoms with Gasteiger partial charge in [0.05, 0.1) is 5.02 Å². The van der Waals surface area contributed by atoms with E-state index >= 15 is 0 Å². The molecule has 1 aromatic heterocycles. The summed E-state index contributed by atoms with van der Waals surface area (Å²) in [6.07, 6.45) is 4.66. The lowest BCUT2D eigenvalue weighted by Gasteiger charge is -2.40. The first kappa shape index (κ1) is 23.7. The van der Waals surface area contributed by atoms with Crippen LogP contribution in [-0.2, 0) is 14.8 Å². The fourth-order valence-electron chi connectivity index (χ4n) is 4.60. The first-order valence-electron chi connectivity index (χ1n) is 10.7. The lowest BCUT2D eigenvalue weighted by Crippen LogP contribution is -2.55. The van der Waals surface area contributed by atoms with E-state index in [4.69, 9.17) is 21.5 Å². The molecule has 1 aromatic carbocycles. The van der Waals surface area contributed by atoms with E-state index in [2.05, 4.69) is 15.2 Å². The number of rotatable bonds is 6. The Morgan fingerprint density at radius 1 is 1.24 bits per heavy atom. The summed E-state index contributed by atoms with van der Waals surface area (Å²) < 4.78 is 42.1. The highest BCUT2D eigenvalue weighted by Gasteiger charge is 2.43. The van der Waals surface area contributed by atoms with Crippen LogP contribution in [0.15, 0.2) is 41.4 Å². The molecule has 2 saturated heterocycles. The summed E-state index contributed by atoms with van der Waals surface area (Å²) in [5.41, 5.74) is -1.21. The van der Waals surface area contributed by atoms with Gasteiger partial charge in [-0.15, -0.1) is 0 Å². The number of primary sulfonamides is 1. The van der Waals surface area contributed by atoms with E-state index in [1.165, 1.54) is 24.4 Å². The van der Waals surface area contributed by atoms with Gasteiger partial charge in [-0.2, -0.15) is 0 Å². The summed E-state index contributed by atoms with van der Waals surface area (Å²) in [5, 5.41) is 8.35. The van der Waals surface area contributed by atoms with Crippen molar-refractivity contribution in [2.24, 2.45) is 5.14 Å². The normalized spacial score (nSPS) is 22.8. The molecule has 8 nitrogen and oxygen atoms in total. The summed E-state index contributed by atoms with van der Waals surface area (Å²) in [6.45, 7) is 3.28. The number of anilines is 1. The Bertz CT molecular complexity index is 1150. The molecular formula is C22H26ClFN4O4S. The van der Waals surface area contributed by atoms with Crippen molar-refractivity contribution in [2.75, 3.05) is 4.90 Å². The number of halogens is 2. The standard InChI is InChI=1S/C22H26ClFN4O4S/c1-22(2,32-19-7-3-13(24)9-18(19)23)21(29)27-14-10-15-4-5-16(11-14)28(15)20-8-6-17(12-26-20)33(25,30)31/h3,6-9,12,14-16H,4-5,10-11H2,1-2H3,(H,27,29)(H2,25,30,31)/t14-,15+,16-. The van der Waals surface area contributed by atoms with Gasteiger partial charge in [-0.05, 0) is 69.9 Å². The fourth-order valence-corrected chi connectivity index (χ4v) is 5.26. The summed E-state index contributed by atoms with van der Waals surface area (Å²) in [7, 11) is -3.79. The molecule has 178 valence electrons. The van der Waals surface area contributed by atoms with E-state index in [0.717, 1.165) is 31.7 Å². The van der Waals surface area contributed by atoms with Crippen LogP contribution in [0.4, 0.5) is 10.2 Å². The van der Waals surface area contributed by atoms with Crippen LogP contribution in [0.1, 0.15) is 39.5 Å². The number of nitrogens with one attached hydrogen (secondary N) is 1. The third-order valence-corrected chi connectivity index (χ3v) is 7.38. The molecule has 3 atom stereocenters. The molecular weight excluding hydrogens is 471 g/mol. The first-order valence-corrected chi connectivity index (χ1v) is 12.6. The molecule has 2 aromatic rings. The van der Waals surface area contributed by atoms with Gasteiger partial charge in [0, 0.05) is 24.3 Å². The number of amides is 1. The van der Waals surface area contributed by atoms with Gasteiger partial charge in [-0.25, -0.2) is 22.9 Å². The SMILES string of the molecule is CC(C)(Oc1ccc(F)cc1Cl)C(=O)N[C@H]1C[C@H]2CC[C@@H](C1)N2c1ccc(S(N)(=O)=O)cn1. The lowest BCUT2D eigenvalue weighted by atomic mass is 9.96. The number of nitrogens with zero attached hydrogens (tertiary/aromatic N) is 2. The van der Waals surface area contributed by atoms with Crippen LogP contribution >= 0.6 is 11.6 Å². The average molecular weight is 497 g/mol. The first-order chi connectivity index (χ1) is 15.4. The van der Waals surface area contributed by atoms with Crippen molar-refractivity contribution < 1.29 is 22.3 Å². The molecule has 2 aliphatic heterocycles. The van der Waals surface area contributed by atoms with Crippen molar-refractivity contribution in [3.05, 3.63) is 47.4 Å². The average Bonchev–Trinajstić information content (AvgIpc) is 3.00. The molecule has 11 heteroatoms. The van der Waals surface area contributed by atoms with Gasteiger partial charge < -0.3 is 15.0 Å². The molecule has 1 amide bonds. The number of aromatic nitrogens is 1. The largest absolute Gasteiger partial charge is 0.476 e. The topological polar surface area (TPSA) is 115 Å². The molecule has 0 saturated carbocycles. The summed E-state index contributed by atoms with van der Waals surface area (Å²) in [5.74, 6) is 0.179. The number of carbonyl (C=O) groups is 1. The summed E-state index contributed by atoms with van der Waals surface area (Å²) >= 11 is 6.04. The van der Waals surface area contributed by atoms with Gasteiger partial charge in [0.15, 0.2) is 5.60 Å². The predicted molar refractivity (Wildman–Crippen MR) is 122 cm³/mol. The maximum absolute atomic E-state index is 13.3. The minimum absolute atomic E-state index is 0.0239. The second-order valence-electron chi connectivity index (χ2n) is 9.02. The predicted octanol–water partition coefficient (Wildman–Crippen LogP) is 3.00. The Labute approximate surface area is 197 Å². The van der Waals surface area contributed by atoms with Crippen molar-refractivity contribution in [3.8, 4) is 5.75 Å². The van der Waals surface area contributed by atoms with Crippen LogP contribution in [-0.4, -0.2) is 43.0 Å². The Hall–Kier alpha value is -2.43. The smallest absolute Gasteiger partial charge is 0.263 e. The molecule has 33 heavy (non-hydrogen) atoms. The van der Waals surface area contributed by atoms with Crippen molar-refractivity contribution in [3.63, 3.8) is 0 Å². The second kappa shape index (κ2) is 8.73. The third kappa shape index (κ3) is 5.07. The molecule has 0 spiro atoms. The monoisotopic (exact) mass is 496 g/mol. The summed E-state index contributed by atoms with van der Waals surface area (Å²) in [4.78, 5) is 19.5. The highest BCUT2D eigenvalue weighted by atomic mass is 35.5.